The van der Waals surface area contributed by atoms with Gasteiger partial charge in [-0.1, -0.05) is 30.3 Å². The summed E-state index contributed by atoms with van der Waals surface area (Å²) in [7, 11) is 0. The number of rotatable bonds is 2. The van der Waals surface area contributed by atoms with Crippen LogP contribution in [0.15, 0.2) is 42.6 Å². The van der Waals surface area contributed by atoms with Crippen molar-refractivity contribution in [1.29, 1.82) is 0 Å². The monoisotopic (exact) mass is 213 g/mol. The minimum atomic E-state index is -0.176. The average molecular weight is 213 g/mol. The van der Waals surface area contributed by atoms with Crippen LogP contribution in [0.4, 0.5) is 5.95 Å². The maximum atomic E-state index is 10.9. The van der Waals surface area contributed by atoms with E-state index < -0.39 is 0 Å². The first-order chi connectivity index (χ1) is 7.75. The number of amides is 1. The fourth-order valence-corrected chi connectivity index (χ4v) is 1.35. The Kier molecular flexibility index (Phi) is 2.91. The molecular formula is C12H11N3O. The molecule has 0 spiro atoms. The average Bonchev–Trinajstić information content (AvgIpc) is 2.30. The summed E-state index contributed by atoms with van der Waals surface area (Å²) in [6.45, 7) is 1.43. The van der Waals surface area contributed by atoms with Crippen LogP contribution in [-0.2, 0) is 4.79 Å². The predicted molar refractivity (Wildman–Crippen MR) is 61.8 cm³/mol. The number of carbonyl (C=O) groups excluding carboxylic acids is 1. The molecule has 0 radical (unpaired) electrons. The molecule has 1 amide bonds. The summed E-state index contributed by atoms with van der Waals surface area (Å²) in [5.74, 6) is 0.152. The van der Waals surface area contributed by atoms with E-state index in [9.17, 15) is 4.79 Å². The molecule has 0 saturated heterocycles. The quantitative estimate of drug-likeness (QED) is 0.831. The molecule has 0 saturated carbocycles. The molecule has 80 valence electrons. The van der Waals surface area contributed by atoms with Gasteiger partial charge < -0.3 is 0 Å². The molecule has 1 aromatic carbocycles. The zero-order chi connectivity index (χ0) is 11.4. The maximum absolute atomic E-state index is 10.9. The highest BCUT2D eigenvalue weighted by Gasteiger charge is 2.02. The zero-order valence-corrected chi connectivity index (χ0v) is 8.84. The normalized spacial score (nSPS) is 9.81. The number of hydrogen-bond donors (Lipinski definition) is 1. The summed E-state index contributed by atoms with van der Waals surface area (Å²) in [5, 5.41) is 2.55. The van der Waals surface area contributed by atoms with Crippen molar-refractivity contribution in [3.8, 4) is 11.3 Å². The minimum Gasteiger partial charge on any atom is -0.295 e. The third kappa shape index (κ3) is 2.42. The Hall–Kier alpha value is -2.23. The van der Waals surface area contributed by atoms with Crippen molar-refractivity contribution in [2.45, 2.75) is 6.92 Å². The van der Waals surface area contributed by atoms with E-state index in [2.05, 4.69) is 15.3 Å². The molecule has 1 N–H and O–H groups in total. The van der Waals surface area contributed by atoms with E-state index in [0.29, 0.717) is 5.95 Å². The van der Waals surface area contributed by atoms with Crippen molar-refractivity contribution in [2.75, 3.05) is 5.32 Å². The first kappa shape index (κ1) is 10.3. The lowest BCUT2D eigenvalue weighted by atomic mass is 10.1. The number of nitrogens with zero attached hydrogens (tertiary/aromatic N) is 2. The lowest BCUT2D eigenvalue weighted by Gasteiger charge is -2.03. The number of carbonyl (C=O) groups is 1. The molecule has 0 unspecified atom stereocenters. The molecule has 4 nitrogen and oxygen atoms in total. The predicted octanol–water partition coefficient (Wildman–Crippen LogP) is 2.10. The molecule has 0 atom stereocenters. The summed E-state index contributed by atoms with van der Waals surface area (Å²) in [5.41, 5.74) is 1.79. The largest absolute Gasteiger partial charge is 0.295 e. The van der Waals surface area contributed by atoms with Gasteiger partial charge in [0.25, 0.3) is 0 Å². The maximum Gasteiger partial charge on any atom is 0.229 e. The van der Waals surface area contributed by atoms with E-state index in [0.717, 1.165) is 11.3 Å². The van der Waals surface area contributed by atoms with Crippen LogP contribution in [0.1, 0.15) is 6.92 Å². The van der Waals surface area contributed by atoms with Crippen molar-refractivity contribution >= 4 is 11.9 Å². The standard InChI is InChI=1S/C12H11N3O/c1-9(16)14-12-13-8-7-11(15-12)10-5-3-2-4-6-10/h2-8H,1H3,(H,13,14,15,16). The first-order valence-electron chi connectivity index (χ1n) is 4.92. The Balaban J connectivity index is 2.33. The van der Waals surface area contributed by atoms with Crippen LogP contribution in [0.5, 0.6) is 0 Å². The van der Waals surface area contributed by atoms with Gasteiger partial charge in [-0.25, -0.2) is 9.97 Å². The van der Waals surface area contributed by atoms with Crippen LogP contribution in [-0.4, -0.2) is 15.9 Å². The number of nitrogens with one attached hydrogen (secondary N) is 1. The van der Waals surface area contributed by atoms with Gasteiger partial charge >= 0.3 is 0 Å². The molecule has 0 aliphatic heterocycles. The summed E-state index contributed by atoms with van der Waals surface area (Å²) in [6, 6.07) is 11.5. The second kappa shape index (κ2) is 4.53. The van der Waals surface area contributed by atoms with E-state index in [1.54, 1.807) is 12.3 Å². The van der Waals surface area contributed by atoms with E-state index in [4.69, 9.17) is 0 Å². The molecule has 0 aliphatic rings. The second-order valence-corrected chi connectivity index (χ2v) is 3.31. The third-order valence-electron chi connectivity index (χ3n) is 2.01. The van der Waals surface area contributed by atoms with Gasteiger partial charge in [-0.05, 0) is 6.07 Å². The topological polar surface area (TPSA) is 54.9 Å². The van der Waals surface area contributed by atoms with Gasteiger partial charge in [-0.15, -0.1) is 0 Å². The zero-order valence-electron chi connectivity index (χ0n) is 8.84. The van der Waals surface area contributed by atoms with Gasteiger partial charge in [0.15, 0.2) is 0 Å². The van der Waals surface area contributed by atoms with Crippen molar-refractivity contribution < 1.29 is 4.79 Å². The van der Waals surface area contributed by atoms with Crippen molar-refractivity contribution in [3.05, 3.63) is 42.6 Å². The fourth-order valence-electron chi connectivity index (χ4n) is 1.35. The summed E-state index contributed by atoms with van der Waals surface area (Å²) in [6.07, 6.45) is 1.63. The molecule has 1 heterocycles. The van der Waals surface area contributed by atoms with Crippen LogP contribution in [0, 0.1) is 0 Å². The van der Waals surface area contributed by atoms with Crippen molar-refractivity contribution in [1.82, 2.24) is 9.97 Å². The number of benzene rings is 1. The minimum absolute atomic E-state index is 0.176. The highest BCUT2D eigenvalue weighted by atomic mass is 16.1. The second-order valence-electron chi connectivity index (χ2n) is 3.31. The van der Waals surface area contributed by atoms with Crippen LogP contribution in [0.25, 0.3) is 11.3 Å². The van der Waals surface area contributed by atoms with Gasteiger partial charge in [0.05, 0.1) is 5.69 Å². The molecule has 0 aliphatic carbocycles. The summed E-state index contributed by atoms with van der Waals surface area (Å²) in [4.78, 5) is 19.1. The van der Waals surface area contributed by atoms with Crippen LogP contribution >= 0.6 is 0 Å². The van der Waals surface area contributed by atoms with E-state index >= 15 is 0 Å². The van der Waals surface area contributed by atoms with Crippen molar-refractivity contribution in [3.63, 3.8) is 0 Å². The molecule has 16 heavy (non-hydrogen) atoms. The van der Waals surface area contributed by atoms with Gasteiger partial charge in [0, 0.05) is 18.7 Å². The van der Waals surface area contributed by atoms with Gasteiger partial charge in [0.2, 0.25) is 11.9 Å². The SMILES string of the molecule is CC(=O)Nc1nccc(-c2ccccc2)n1. The van der Waals surface area contributed by atoms with Crippen LogP contribution in [0.2, 0.25) is 0 Å². The lowest BCUT2D eigenvalue weighted by Crippen LogP contribution is -2.09. The van der Waals surface area contributed by atoms with Gasteiger partial charge in [-0.3, -0.25) is 10.1 Å². The van der Waals surface area contributed by atoms with Gasteiger partial charge in [-0.2, -0.15) is 0 Å². The number of aromatic nitrogens is 2. The first-order valence-corrected chi connectivity index (χ1v) is 4.92. The van der Waals surface area contributed by atoms with E-state index in [1.807, 2.05) is 30.3 Å². The number of anilines is 1. The molecule has 1 aromatic heterocycles. The highest BCUT2D eigenvalue weighted by molar-refractivity contribution is 5.86. The van der Waals surface area contributed by atoms with E-state index in [1.165, 1.54) is 6.92 Å². The fraction of sp³-hybridized carbons (Fsp3) is 0.0833. The Morgan fingerprint density at radius 3 is 2.62 bits per heavy atom. The molecule has 0 fully saturated rings. The van der Waals surface area contributed by atoms with E-state index in [-0.39, 0.29) is 5.91 Å². The summed E-state index contributed by atoms with van der Waals surface area (Å²) >= 11 is 0. The van der Waals surface area contributed by atoms with Crippen LogP contribution < -0.4 is 5.32 Å². The molecule has 4 heteroatoms. The Labute approximate surface area is 93.4 Å². The molecular weight excluding hydrogens is 202 g/mol. The Bertz CT molecular complexity index is 497. The van der Waals surface area contributed by atoms with Gasteiger partial charge in [0.1, 0.15) is 0 Å². The molecule has 2 aromatic rings. The number of hydrogen-bond acceptors (Lipinski definition) is 3. The summed E-state index contributed by atoms with van der Waals surface area (Å²) < 4.78 is 0. The lowest BCUT2D eigenvalue weighted by molar-refractivity contribution is -0.114. The Morgan fingerprint density at radius 1 is 1.19 bits per heavy atom. The molecule has 0 bridgehead atoms. The Morgan fingerprint density at radius 2 is 1.94 bits per heavy atom. The third-order valence-corrected chi connectivity index (χ3v) is 2.01. The van der Waals surface area contributed by atoms with Crippen LogP contribution in [0.3, 0.4) is 0 Å². The molecule has 2 rings (SSSR count). The van der Waals surface area contributed by atoms with Crippen molar-refractivity contribution in [2.24, 2.45) is 0 Å². The smallest absolute Gasteiger partial charge is 0.229 e. The highest BCUT2D eigenvalue weighted by Crippen LogP contribution is 2.16.